The SMILES string of the molecule is CSNc1ccc(C(CCCO[N+](=O)[O-])CN(C(=O)CCCO[N+](=O)[O-])C(C)C)cc1.O=CO. The van der Waals surface area contributed by atoms with Gasteiger partial charge in [0.05, 0.1) is 13.2 Å². The van der Waals surface area contributed by atoms with Crippen molar-refractivity contribution >= 4 is 30.0 Å². The Kier molecular flexibility index (Phi) is 16.4. The Morgan fingerprint density at radius 2 is 1.68 bits per heavy atom. The number of anilines is 1. The summed E-state index contributed by atoms with van der Waals surface area (Å²) >= 11 is 1.48. The molecule has 2 N–H and O–H groups in total. The molecule has 192 valence electrons. The Morgan fingerprint density at radius 1 is 1.15 bits per heavy atom. The molecular weight excluding hydrogens is 472 g/mol. The third kappa shape index (κ3) is 14.0. The first-order valence-electron chi connectivity index (χ1n) is 10.5. The molecule has 0 aromatic heterocycles. The smallest absolute Gasteiger partial charge is 0.294 e. The molecule has 0 aliphatic heterocycles. The molecule has 1 amide bonds. The number of benzene rings is 1. The second-order valence-electron chi connectivity index (χ2n) is 7.23. The van der Waals surface area contributed by atoms with Crippen molar-refractivity contribution in [2.75, 3.05) is 30.7 Å². The number of hydrogen-bond donors (Lipinski definition) is 2. The fourth-order valence-corrected chi connectivity index (χ4v) is 3.49. The van der Waals surface area contributed by atoms with Crippen LogP contribution in [-0.2, 0) is 19.3 Å². The number of hydrogen-bond acceptors (Lipinski definition) is 10. The van der Waals surface area contributed by atoms with Gasteiger partial charge < -0.3 is 24.4 Å². The highest BCUT2D eigenvalue weighted by Crippen LogP contribution is 2.26. The molecule has 13 nitrogen and oxygen atoms in total. The summed E-state index contributed by atoms with van der Waals surface area (Å²) in [6, 6.07) is 7.78. The van der Waals surface area contributed by atoms with E-state index in [0.29, 0.717) is 19.4 Å². The molecule has 1 rings (SSSR count). The lowest BCUT2D eigenvalue weighted by molar-refractivity contribution is -0.757. The summed E-state index contributed by atoms with van der Waals surface area (Å²) in [6.45, 7) is 3.85. The van der Waals surface area contributed by atoms with Gasteiger partial charge in [-0.1, -0.05) is 24.1 Å². The Hall–Kier alpha value is -3.29. The molecule has 1 atom stereocenters. The number of carbonyl (C=O) groups excluding carboxylic acids is 1. The minimum atomic E-state index is -0.872. The fraction of sp³-hybridized carbons (Fsp3) is 0.600. The highest BCUT2D eigenvalue weighted by Gasteiger charge is 2.22. The van der Waals surface area contributed by atoms with Crippen molar-refractivity contribution < 1.29 is 34.5 Å². The van der Waals surface area contributed by atoms with Crippen LogP contribution in [0, 0.1) is 20.2 Å². The minimum absolute atomic E-state index is 0.0104. The van der Waals surface area contributed by atoms with Crippen LogP contribution in [0.3, 0.4) is 0 Å². The topological polar surface area (TPSA) is 174 Å². The van der Waals surface area contributed by atoms with Gasteiger partial charge in [0.2, 0.25) is 5.91 Å². The van der Waals surface area contributed by atoms with Gasteiger partial charge in [0.15, 0.2) is 0 Å². The zero-order valence-electron chi connectivity index (χ0n) is 19.5. The lowest BCUT2D eigenvalue weighted by Crippen LogP contribution is -2.40. The predicted molar refractivity (Wildman–Crippen MR) is 126 cm³/mol. The van der Waals surface area contributed by atoms with Crippen LogP contribution in [-0.4, -0.2) is 64.6 Å². The molecule has 0 bridgehead atoms. The zero-order chi connectivity index (χ0) is 25.9. The first kappa shape index (κ1) is 30.7. The number of rotatable bonds is 16. The van der Waals surface area contributed by atoms with Gasteiger partial charge in [0, 0.05) is 36.9 Å². The van der Waals surface area contributed by atoms with Crippen LogP contribution in [0.25, 0.3) is 0 Å². The van der Waals surface area contributed by atoms with E-state index in [1.54, 1.807) is 4.90 Å². The fourth-order valence-electron chi connectivity index (χ4n) is 3.12. The predicted octanol–water partition coefficient (Wildman–Crippen LogP) is 3.37. The molecule has 0 aliphatic carbocycles. The van der Waals surface area contributed by atoms with Gasteiger partial charge in [0.1, 0.15) is 0 Å². The molecule has 1 unspecified atom stereocenters. The van der Waals surface area contributed by atoms with Crippen LogP contribution in [0.5, 0.6) is 0 Å². The molecule has 0 radical (unpaired) electrons. The van der Waals surface area contributed by atoms with E-state index in [-0.39, 0.29) is 50.4 Å². The monoisotopic (exact) mass is 504 g/mol. The Morgan fingerprint density at radius 3 is 2.15 bits per heavy atom. The van der Waals surface area contributed by atoms with Gasteiger partial charge in [-0.15, -0.1) is 20.2 Å². The average molecular weight is 505 g/mol. The molecule has 0 saturated carbocycles. The van der Waals surface area contributed by atoms with Crippen molar-refractivity contribution in [2.24, 2.45) is 0 Å². The second kappa shape index (κ2) is 18.2. The van der Waals surface area contributed by atoms with Crippen molar-refractivity contribution in [3.05, 3.63) is 50.1 Å². The highest BCUT2D eigenvalue weighted by molar-refractivity contribution is 7.99. The van der Waals surface area contributed by atoms with E-state index in [1.807, 2.05) is 44.4 Å². The lowest BCUT2D eigenvalue weighted by Gasteiger charge is -2.31. The van der Waals surface area contributed by atoms with Gasteiger partial charge >= 0.3 is 0 Å². The average Bonchev–Trinajstić information content (AvgIpc) is 2.77. The van der Waals surface area contributed by atoms with Gasteiger partial charge in [-0.05, 0) is 50.8 Å². The first-order chi connectivity index (χ1) is 16.2. The number of nitrogens with one attached hydrogen (secondary N) is 1. The maximum Gasteiger partial charge on any atom is 0.294 e. The van der Waals surface area contributed by atoms with Crippen LogP contribution in [0.2, 0.25) is 0 Å². The number of amides is 1. The highest BCUT2D eigenvalue weighted by atomic mass is 32.2. The van der Waals surface area contributed by atoms with Crippen LogP contribution in [0.1, 0.15) is 51.0 Å². The second-order valence-corrected chi connectivity index (χ2v) is 7.84. The number of carbonyl (C=O) groups is 2. The summed E-state index contributed by atoms with van der Waals surface area (Å²) in [6.07, 6.45) is 3.38. The summed E-state index contributed by atoms with van der Waals surface area (Å²) in [5, 5.41) is 25.9. The molecule has 0 saturated heterocycles. The first-order valence-corrected chi connectivity index (χ1v) is 11.7. The van der Waals surface area contributed by atoms with Crippen molar-refractivity contribution in [1.82, 2.24) is 4.90 Å². The van der Waals surface area contributed by atoms with Crippen molar-refractivity contribution in [3.63, 3.8) is 0 Å². The number of carboxylic acid groups (broad SMARTS) is 1. The molecule has 1 aromatic rings. The number of nitrogens with zero attached hydrogens (tertiary/aromatic N) is 3. The summed E-state index contributed by atoms with van der Waals surface area (Å²) < 4.78 is 3.15. The molecular formula is C20H32N4O9S. The van der Waals surface area contributed by atoms with E-state index in [1.165, 1.54) is 11.9 Å². The molecule has 0 aliphatic rings. The van der Waals surface area contributed by atoms with Crippen molar-refractivity contribution in [3.8, 4) is 0 Å². The van der Waals surface area contributed by atoms with E-state index in [0.717, 1.165) is 11.3 Å². The summed E-state index contributed by atoms with van der Waals surface area (Å²) in [5.41, 5.74) is 1.97. The van der Waals surface area contributed by atoms with Gasteiger partial charge in [-0.25, -0.2) is 0 Å². The molecule has 0 spiro atoms. The van der Waals surface area contributed by atoms with Gasteiger partial charge in [0.25, 0.3) is 16.6 Å². The normalized spacial score (nSPS) is 10.9. The maximum absolute atomic E-state index is 12.7. The van der Waals surface area contributed by atoms with Crippen LogP contribution in [0.15, 0.2) is 24.3 Å². The summed E-state index contributed by atoms with van der Waals surface area (Å²) in [4.78, 5) is 52.2. The molecule has 1 aromatic carbocycles. The third-order valence-corrected chi connectivity index (χ3v) is 5.03. The molecule has 0 heterocycles. The standard InChI is InChI=1S/C19H30N4O7S.CH2O2/c1-15(2)21(19(24)7-5-13-30-23(27)28)14-17(6-4-12-29-22(25)26)16-8-10-18(11-9-16)20-31-3;2-1-3/h8-11,15,17,20H,4-7,12-14H2,1-3H3;1H,(H,2,3). The van der Waals surface area contributed by atoms with E-state index >= 15 is 0 Å². The molecule has 14 heteroatoms. The Labute approximate surface area is 202 Å². The molecule has 0 fully saturated rings. The molecule has 34 heavy (non-hydrogen) atoms. The quantitative estimate of drug-likeness (QED) is 0.111. The Bertz CT molecular complexity index is 750. The van der Waals surface area contributed by atoms with E-state index in [9.17, 15) is 25.0 Å². The largest absolute Gasteiger partial charge is 0.483 e. The van der Waals surface area contributed by atoms with E-state index in [4.69, 9.17) is 9.90 Å². The Balaban J connectivity index is 0.00000343. The van der Waals surface area contributed by atoms with Gasteiger partial charge in [-0.3, -0.25) is 9.59 Å². The maximum atomic E-state index is 12.7. The van der Waals surface area contributed by atoms with E-state index < -0.39 is 10.2 Å². The van der Waals surface area contributed by atoms with E-state index in [2.05, 4.69) is 14.4 Å². The summed E-state index contributed by atoms with van der Waals surface area (Å²) in [7, 11) is 0. The van der Waals surface area contributed by atoms with Crippen LogP contribution >= 0.6 is 11.9 Å². The third-order valence-electron chi connectivity index (χ3n) is 4.59. The summed E-state index contributed by atoms with van der Waals surface area (Å²) in [5.74, 6) is -0.158. The van der Waals surface area contributed by atoms with Crippen molar-refractivity contribution in [2.45, 2.75) is 51.5 Å². The van der Waals surface area contributed by atoms with Crippen molar-refractivity contribution in [1.29, 1.82) is 0 Å². The van der Waals surface area contributed by atoms with Gasteiger partial charge in [-0.2, -0.15) is 0 Å². The zero-order valence-corrected chi connectivity index (χ0v) is 20.3. The van der Waals surface area contributed by atoms with Crippen LogP contribution < -0.4 is 4.72 Å². The minimum Gasteiger partial charge on any atom is -0.483 e. The lowest BCUT2D eigenvalue weighted by atomic mass is 9.93. The van der Waals surface area contributed by atoms with Crippen LogP contribution in [0.4, 0.5) is 5.69 Å².